The molecule has 0 bridgehead atoms. The van der Waals surface area contributed by atoms with Crippen molar-refractivity contribution >= 4 is 34.4 Å². The molecule has 0 radical (unpaired) electrons. The maximum atomic E-state index is 12.2. The summed E-state index contributed by atoms with van der Waals surface area (Å²) in [5.74, 6) is 1.40. The van der Waals surface area contributed by atoms with Crippen LogP contribution < -0.4 is 21.7 Å². The van der Waals surface area contributed by atoms with Crippen LogP contribution in [0.2, 0.25) is 0 Å². The molecule has 3 unspecified atom stereocenters. The number of hydrogen-bond acceptors (Lipinski definition) is 7. The first-order valence-electron chi connectivity index (χ1n) is 11.4. The van der Waals surface area contributed by atoms with Crippen molar-refractivity contribution in [3.8, 4) is 11.3 Å². The van der Waals surface area contributed by atoms with Gasteiger partial charge in [-0.2, -0.15) is 10.1 Å². The number of nitrogens with two attached hydrogens (primary N) is 2. The van der Waals surface area contributed by atoms with Crippen molar-refractivity contribution in [2.75, 3.05) is 29.5 Å². The van der Waals surface area contributed by atoms with E-state index in [0.29, 0.717) is 24.7 Å². The number of nitrogen functional groups attached to an aromatic ring is 1. The van der Waals surface area contributed by atoms with Crippen LogP contribution in [0.15, 0.2) is 54.6 Å². The van der Waals surface area contributed by atoms with Gasteiger partial charge in [-0.05, 0) is 24.1 Å². The van der Waals surface area contributed by atoms with Gasteiger partial charge < -0.3 is 21.7 Å². The summed E-state index contributed by atoms with van der Waals surface area (Å²) >= 11 is 0. The van der Waals surface area contributed by atoms with Gasteiger partial charge in [-0.1, -0.05) is 43.3 Å². The van der Waals surface area contributed by atoms with Crippen LogP contribution in [0.5, 0.6) is 0 Å². The van der Waals surface area contributed by atoms with Crippen molar-refractivity contribution < 1.29 is 4.79 Å². The Morgan fingerprint density at radius 2 is 1.97 bits per heavy atom. The Balaban J connectivity index is 1.56. The Kier molecular flexibility index (Phi) is 5.53. The summed E-state index contributed by atoms with van der Waals surface area (Å²) in [5, 5.41) is 11.0. The van der Waals surface area contributed by atoms with Crippen molar-refractivity contribution in [3.63, 3.8) is 0 Å². The zero-order chi connectivity index (χ0) is 23.8. The number of anilines is 3. The van der Waals surface area contributed by atoms with Gasteiger partial charge in [0.15, 0.2) is 5.82 Å². The second-order valence-electron chi connectivity index (χ2n) is 8.81. The van der Waals surface area contributed by atoms with E-state index in [1.54, 1.807) is 7.05 Å². The van der Waals surface area contributed by atoms with Crippen LogP contribution in [-0.4, -0.2) is 45.7 Å². The quantitative estimate of drug-likeness (QED) is 0.349. The van der Waals surface area contributed by atoms with Crippen LogP contribution in [0, 0.1) is 5.92 Å². The molecule has 2 aromatic heterocycles. The second-order valence-corrected chi connectivity index (χ2v) is 8.81. The number of aromatic nitrogens is 4. The van der Waals surface area contributed by atoms with Gasteiger partial charge in [0.1, 0.15) is 5.82 Å². The zero-order valence-electron chi connectivity index (χ0n) is 19.2. The highest BCUT2D eigenvalue weighted by Gasteiger charge is 2.39. The van der Waals surface area contributed by atoms with E-state index in [0.717, 1.165) is 28.0 Å². The molecule has 34 heavy (non-hydrogen) atoms. The number of nitrogens with zero attached hydrogens (tertiary/aromatic N) is 4. The molecule has 3 atom stereocenters. The summed E-state index contributed by atoms with van der Waals surface area (Å²) < 4.78 is 0. The Hall–Kier alpha value is -4.14. The lowest BCUT2D eigenvalue weighted by molar-refractivity contribution is -0.121. The van der Waals surface area contributed by atoms with Gasteiger partial charge in [-0.15, -0.1) is 0 Å². The fourth-order valence-corrected chi connectivity index (χ4v) is 4.83. The van der Waals surface area contributed by atoms with Crippen molar-refractivity contribution in [1.82, 2.24) is 20.2 Å². The number of aromatic amines is 1. The number of fused-ring (bicyclic) bond motifs is 1. The van der Waals surface area contributed by atoms with Crippen molar-refractivity contribution in [2.24, 2.45) is 11.7 Å². The third-order valence-electron chi connectivity index (χ3n) is 6.77. The topological polar surface area (TPSA) is 139 Å². The first-order chi connectivity index (χ1) is 16.4. The fourth-order valence-electron chi connectivity index (χ4n) is 4.83. The lowest BCUT2D eigenvalue weighted by atomic mass is 9.89. The molecule has 1 saturated heterocycles. The Morgan fingerprint density at radius 1 is 1.18 bits per heavy atom. The standard InChI is InChI=1S/C25H28N8O/c1-14(15-6-4-3-5-7-15)21-11-17(24(27)34)13-33(21)22-12-19(29-25(28-2)30-22)16-8-9-18-20(10-16)31-32-23(18)26/h3-10,12,14,17,21H,11,13H2,1-2H3,(H2,27,34)(H3,26,31,32)(H,28,29,30). The average Bonchev–Trinajstić information content (AvgIpc) is 3.48. The Bertz CT molecular complexity index is 1340. The largest absolute Gasteiger partial charge is 0.382 e. The van der Waals surface area contributed by atoms with Crippen LogP contribution in [0.25, 0.3) is 22.2 Å². The summed E-state index contributed by atoms with van der Waals surface area (Å²) in [6, 6.07) is 18.3. The minimum atomic E-state index is -0.279. The Labute approximate surface area is 197 Å². The van der Waals surface area contributed by atoms with Gasteiger partial charge in [-0.3, -0.25) is 9.89 Å². The Morgan fingerprint density at radius 3 is 2.71 bits per heavy atom. The maximum Gasteiger partial charge on any atom is 0.224 e. The van der Waals surface area contributed by atoms with Crippen molar-refractivity contribution in [1.29, 1.82) is 0 Å². The molecule has 6 N–H and O–H groups in total. The minimum absolute atomic E-state index is 0.0715. The zero-order valence-corrected chi connectivity index (χ0v) is 19.2. The summed E-state index contributed by atoms with van der Waals surface area (Å²) in [5.41, 5.74) is 15.4. The molecule has 174 valence electrons. The van der Waals surface area contributed by atoms with Crippen LogP contribution >= 0.6 is 0 Å². The predicted molar refractivity (Wildman–Crippen MR) is 134 cm³/mol. The molecule has 1 aliphatic heterocycles. The second kappa shape index (κ2) is 8.66. The van der Waals surface area contributed by atoms with Crippen molar-refractivity contribution in [2.45, 2.75) is 25.3 Å². The van der Waals surface area contributed by atoms with Gasteiger partial charge in [0.2, 0.25) is 11.9 Å². The third-order valence-corrected chi connectivity index (χ3v) is 6.77. The van der Waals surface area contributed by atoms with E-state index in [2.05, 4.69) is 44.5 Å². The summed E-state index contributed by atoms with van der Waals surface area (Å²) in [6.07, 6.45) is 0.680. The van der Waals surface area contributed by atoms with E-state index in [1.165, 1.54) is 5.56 Å². The lowest BCUT2D eigenvalue weighted by Gasteiger charge is -2.31. The monoisotopic (exact) mass is 456 g/mol. The normalized spacial score (nSPS) is 18.8. The van der Waals surface area contributed by atoms with Crippen LogP contribution in [-0.2, 0) is 4.79 Å². The highest BCUT2D eigenvalue weighted by molar-refractivity contribution is 5.91. The number of hydrogen-bond donors (Lipinski definition) is 4. The van der Waals surface area contributed by atoms with Crippen LogP contribution in [0.1, 0.15) is 24.8 Å². The summed E-state index contributed by atoms with van der Waals surface area (Å²) in [4.78, 5) is 23.8. The number of H-pyrrole nitrogens is 1. The van der Waals surface area contributed by atoms with Crippen LogP contribution in [0.4, 0.5) is 17.6 Å². The molecule has 3 heterocycles. The molecule has 9 heteroatoms. The highest BCUT2D eigenvalue weighted by atomic mass is 16.1. The fraction of sp³-hybridized carbons (Fsp3) is 0.280. The molecule has 1 aliphatic rings. The molecule has 0 saturated carbocycles. The lowest BCUT2D eigenvalue weighted by Crippen LogP contribution is -2.34. The van der Waals surface area contributed by atoms with E-state index in [-0.39, 0.29) is 23.8 Å². The van der Waals surface area contributed by atoms with Gasteiger partial charge in [-0.25, -0.2) is 4.98 Å². The maximum absolute atomic E-state index is 12.2. The van der Waals surface area contributed by atoms with E-state index in [9.17, 15) is 4.79 Å². The molecule has 2 aromatic carbocycles. The molecule has 4 aromatic rings. The molecule has 1 amide bonds. The molecular formula is C25H28N8O. The smallest absolute Gasteiger partial charge is 0.224 e. The number of primary amides is 1. The highest BCUT2D eigenvalue weighted by Crippen LogP contribution is 2.38. The van der Waals surface area contributed by atoms with Crippen LogP contribution in [0.3, 0.4) is 0 Å². The first kappa shape index (κ1) is 21.7. The van der Waals surface area contributed by atoms with E-state index in [1.807, 2.05) is 42.5 Å². The number of carbonyl (C=O) groups is 1. The number of rotatable bonds is 6. The average molecular weight is 457 g/mol. The number of nitrogens with one attached hydrogen (secondary N) is 2. The molecular weight excluding hydrogens is 428 g/mol. The van der Waals surface area contributed by atoms with E-state index in [4.69, 9.17) is 16.5 Å². The molecule has 9 nitrogen and oxygen atoms in total. The number of benzene rings is 2. The molecule has 1 fully saturated rings. The van der Waals surface area contributed by atoms with Crippen molar-refractivity contribution in [3.05, 3.63) is 60.2 Å². The SMILES string of the molecule is CNc1nc(-c2ccc3c(N)n[nH]c3c2)cc(N2CC(C(N)=O)CC2C(C)c2ccccc2)n1. The van der Waals surface area contributed by atoms with E-state index < -0.39 is 0 Å². The molecule has 5 rings (SSSR count). The third kappa shape index (κ3) is 3.89. The van der Waals surface area contributed by atoms with Gasteiger partial charge in [0.25, 0.3) is 0 Å². The van der Waals surface area contributed by atoms with Gasteiger partial charge >= 0.3 is 0 Å². The summed E-state index contributed by atoms with van der Waals surface area (Å²) in [6.45, 7) is 2.71. The number of carbonyl (C=O) groups excluding carboxylic acids is 1. The van der Waals surface area contributed by atoms with E-state index >= 15 is 0 Å². The molecule has 0 spiro atoms. The first-order valence-corrected chi connectivity index (χ1v) is 11.4. The summed E-state index contributed by atoms with van der Waals surface area (Å²) in [7, 11) is 1.79. The van der Waals surface area contributed by atoms with Gasteiger partial charge in [0.05, 0.1) is 17.1 Å². The minimum Gasteiger partial charge on any atom is -0.382 e. The predicted octanol–water partition coefficient (Wildman–Crippen LogP) is 3.13. The number of amides is 1. The molecule has 0 aliphatic carbocycles. The van der Waals surface area contributed by atoms with Gasteiger partial charge in [0, 0.05) is 42.6 Å².